The summed E-state index contributed by atoms with van der Waals surface area (Å²) in [6.07, 6.45) is -1.12. The predicted octanol–water partition coefficient (Wildman–Crippen LogP) is 3.95. The van der Waals surface area contributed by atoms with Gasteiger partial charge in [-0.25, -0.2) is 4.79 Å². The molecule has 0 bridgehead atoms. The van der Waals surface area contributed by atoms with E-state index < -0.39 is 12.1 Å². The molecule has 0 saturated carbocycles. The van der Waals surface area contributed by atoms with Crippen LogP contribution in [0.3, 0.4) is 0 Å². The third-order valence-corrected chi connectivity index (χ3v) is 3.77. The Balaban J connectivity index is 2.11. The normalized spacial score (nSPS) is 13.7. The van der Waals surface area contributed by atoms with Gasteiger partial charge in [0.25, 0.3) is 0 Å². The van der Waals surface area contributed by atoms with Gasteiger partial charge in [0.2, 0.25) is 0 Å². The highest BCUT2D eigenvalue weighted by Gasteiger charge is 2.18. The summed E-state index contributed by atoms with van der Waals surface area (Å²) in [4.78, 5) is 10.7. The fourth-order valence-corrected chi connectivity index (χ4v) is 2.34. The first kappa shape index (κ1) is 15.5. The van der Waals surface area contributed by atoms with E-state index in [-0.39, 0.29) is 12.3 Å². The third-order valence-electron chi connectivity index (χ3n) is 3.52. The first-order chi connectivity index (χ1) is 9.97. The van der Waals surface area contributed by atoms with Gasteiger partial charge in [-0.15, -0.1) is 0 Å². The van der Waals surface area contributed by atoms with Gasteiger partial charge in [0.15, 0.2) is 6.10 Å². The number of hydrogen-bond acceptors (Lipinski definition) is 2. The molecule has 2 atom stereocenters. The van der Waals surface area contributed by atoms with E-state index in [0.717, 1.165) is 16.7 Å². The molecule has 21 heavy (non-hydrogen) atoms. The van der Waals surface area contributed by atoms with Gasteiger partial charge in [0.05, 0.1) is 0 Å². The minimum absolute atomic E-state index is 0.0182. The summed E-state index contributed by atoms with van der Waals surface area (Å²) in [5, 5.41) is 18.8. The molecule has 2 aromatic carbocycles. The van der Waals surface area contributed by atoms with E-state index in [4.69, 9.17) is 16.7 Å². The van der Waals surface area contributed by atoms with Crippen molar-refractivity contribution in [3.05, 3.63) is 59.1 Å². The van der Waals surface area contributed by atoms with Gasteiger partial charge in [-0.2, -0.15) is 0 Å². The zero-order valence-corrected chi connectivity index (χ0v) is 12.4. The summed E-state index contributed by atoms with van der Waals surface area (Å²) in [5.41, 5.74) is 3.15. The predicted molar refractivity (Wildman–Crippen MR) is 83.6 cm³/mol. The first-order valence-corrected chi connectivity index (χ1v) is 7.12. The standard InChI is InChI=1S/C17H17ClO3/c1-11(10-16(19)17(20)21)12-2-4-13(5-3-12)14-6-8-15(18)9-7-14/h2-9,11,16,19H,10H2,1H3,(H,20,21). The minimum Gasteiger partial charge on any atom is -0.479 e. The summed E-state index contributed by atoms with van der Waals surface area (Å²) in [7, 11) is 0. The Morgan fingerprint density at radius 1 is 1.05 bits per heavy atom. The highest BCUT2D eigenvalue weighted by Crippen LogP contribution is 2.26. The number of carboxylic acid groups (broad SMARTS) is 1. The summed E-state index contributed by atoms with van der Waals surface area (Å²) < 4.78 is 0. The topological polar surface area (TPSA) is 57.5 Å². The van der Waals surface area contributed by atoms with Crippen LogP contribution in [-0.2, 0) is 4.79 Å². The van der Waals surface area contributed by atoms with Crippen LogP contribution in [0.4, 0.5) is 0 Å². The zero-order chi connectivity index (χ0) is 15.4. The van der Waals surface area contributed by atoms with Crippen LogP contribution in [0.5, 0.6) is 0 Å². The fourth-order valence-electron chi connectivity index (χ4n) is 2.22. The molecule has 110 valence electrons. The number of rotatable bonds is 5. The van der Waals surface area contributed by atoms with Crippen molar-refractivity contribution in [3.63, 3.8) is 0 Å². The maximum Gasteiger partial charge on any atom is 0.332 e. The number of hydrogen-bond donors (Lipinski definition) is 2. The Morgan fingerprint density at radius 2 is 1.52 bits per heavy atom. The van der Waals surface area contributed by atoms with Gasteiger partial charge in [0, 0.05) is 5.02 Å². The van der Waals surface area contributed by atoms with Crippen LogP contribution in [0, 0.1) is 0 Å². The van der Waals surface area contributed by atoms with E-state index in [0.29, 0.717) is 5.02 Å². The highest BCUT2D eigenvalue weighted by molar-refractivity contribution is 6.30. The van der Waals surface area contributed by atoms with Crippen molar-refractivity contribution in [2.75, 3.05) is 0 Å². The quantitative estimate of drug-likeness (QED) is 0.879. The third kappa shape index (κ3) is 4.06. The minimum atomic E-state index is -1.32. The van der Waals surface area contributed by atoms with Crippen molar-refractivity contribution in [1.29, 1.82) is 0 Å². The summed E-state index contributed by atoms with van der Waals surface area (Å²) >= 11 is 5.87. The van der Waals surface area contributed by atoms with E-state index in [9.17, 15) is 9.90 Å². The molecule has 0 fully saturated rings. The van der Waals surface area contributed by atoms with Crippen LogP contribution in [0.25, 0.3) is 11.1 Å². The van der Waals surface area contributed by atoms with Gasteiger partial charge in [-0.1, -0.05) is 54.9 Å². The van der Waals surface area contributed by atoms with E-state index in [1.54, 1.807) is 0 Å². The molecule has 0 radical (unpaired) electrons. The maximum absolute atomic E-state index is 10.7. The Hall–Kier alpha value is -1.84. The zero-order valence-electron chi connectivity index (χ0n) is 11.7. The smallest absolute Gasteiger partial charge is 0.332 e. The molecule has 2 N–H and O–H groups in total. The largest absolute Gasteiger partial charge is 0.479 e. The number of halogens is 1. The molecule has 0 aromatic heterocycles. The van der Waals surface area contributed by atoms with Gasteiger partial charge in [-0.05, 0) is 41.2 Å². The van der Waals surface area contributed by atoms with Gasteiger partial charge >= 0.3 is 5.97 Å². The van der Waals surface area contributed by atoms with Gasteiger partial charge in [-0.3, -0.25) is 0 Å². The number of aliphatic hydroxyl groups is 1. The van der Waals surface area contributed by atoms with E-state index in [1.807, 2.05) is 55.5 Å². The summed E-state index contributed by atoms with van der Waals surface area (Å²) in [5.74, 6) is -1.20. The van der Waals surface area contributed by atoms with Crippen LogP contribution in [0.15, 0.2) is 48.5 Å². The van der Waals surface area contributed by atoms with Crippen LogP contribution in [0.1, 0.15) is 24.8 Å². The average molecular weight is 305 g/mol. The highest BCUT2D eigenvalue weighted by atomic mass is 35.5. The molecule has 0 aliphatic heterocycles. The molecule has 0 amide bonds. The maximum atomic E-state index is 10.7. The Kier molecular flexibility index (Phi) is 4.99. The number of benzene rings is 2. The van der Waals surface area contributed by atoms with E-state index >= 15 is 0 Å². The Morgan fingerprint density at radius 3 is 2.00 bits per heavy atom. The molecular weight excluding hydrogens is 288 g/mol. The molecule has 3 nitrogen and oxygen atoms in total. The number of carbonyl (C=O) groups is 1. The Bertz CT molecular complexity index is 605. The lowest BCUT2D eigenvalue weighted by Gasteiger charge is -2.14. The van der Waals surface area contributed by atoms with Gasteiger partial charge < -0.3 is 10.2 Å². The van der Waals surface area contributed by atoms with Crippen LogP contribution in [-0.4, -0.2) is 22.3 Å². The molecule has 0 saturated heterocycles. The fraction of sp³-hybridized carbons (Fsp3) is 0.235. The van der Waals surface area contributed by atoms with Crippen molar-refractivity contribution in [2.24, 2.45) is 0 Å². The van der Waals surface area contributed by atoms with Crippen molar-refractivity contribution >= 4 is 17.6 Å². The molecule has 2 unspecified atom stereocenters. The molecule has 0 spiro atoms. The molecule has 0 heterocycles. The second-order valence-corrected chi connectivity index (χ2v) is 5.56. The van der Waals surface area contributed by atoms with Crippen molar-refractivity contribution in [1.82, 2.24) is 0 Å². The second-order valence-electron chi connectivity index (χ2n) is 5.12. The van der Waals surface area contributed by atoms with Crippen molar-refractivity contribution in [3.8, 4) is 11.1 Å². The molecule has 0 aliphatic carbocycles. The lowest BCUT2D eigenvalue weighted by Crippen LogP contribution is -2.21. The second kappa shape index (κ2) is 6.74. The monoisotopic (exact) mass is 304 g/mol. The Labute approximate surface area is 128 Å². The first-order valence-electron chi connectivity index (χ1n) is 6.74. The number of aliphatic hydroxyl groups excluding tert-OH is 1. The molecule has 4 heteroatoms. The van der Waals surface area contributed by atoms with Crippen LogP contribution >= 0.6 is 11.6 Å². The summed E-state index contributed by atoms with van der Waals surface area (Å²) in [6, 6.07) is 15.5. The average Bonchev–Trinajstić information content (AvgIpc) is 2.48. The lowest BCUT2D eigenvalue weighted by molar-refractivity contribution is -0.147. The molecule has 0 aliphatic rings. The van der Waals surface area contributed by atoms with E-state index in [2.05, 4.69) is 0 Å². The lowest BCUT2D eigenvalue weighted by atomic mass is 9.93. The van der Waals surface area contributed by atoms with Gasteiger partial charge in [0.1, 0.15) is 0 Å². The number of carboxylic acids is 1. The molecule has 2 aromatic rings. The number of aliphatic carboxylic acids is 1. The van der Waals surface area contributed by atoms with Crippen LogP contribution < -0.4 is 0 Å². The van der Waals surface area contributed by atoms with E-state index in [1.165, 1.54) is 0 Å². The summed E-state index contributed by atoms with van der Waals surface area (Å²) in [6.45, 7) is 1.91. The SMILES string of the molecule is CC(CC(O)C(=O)O)c1ccc(-c2ccc(Cl)cc2)cc1. The van der Waals surface area contributed by atoms with Crippen molar-refractivity contribution < 1.29 is 15.0 Å². The van der Waals surface area contributed by atoms with Crippen LogP contribution in [0.2, 0.25) is 5.02 Å². The van der Waals surface area contributed by atoms with Crippen molar-refractivity contribution in [2.45, 2.75) is 25.4 Å². The molecular formula is C17H17ClO3. The molecule has 2 rings (SSSR count).